The second-order valence-corrected chi connectivity index (χ2v) is 8.55. The van der Waals surface area contributed by atoms with Crippen molar-refractivity contribution in [3.05, 3.63) is 125 Å². The molecule has 0 aliphatic rings. The van der Waals surface area contributed by atoms with Crippen LogP contribution in [0.5, 0.6) is 5.75 Å². The van der Waals surface area contributed by atoms with Gasteiger partial charge < -0.3 is 14.5 Å². The van der Waals surface area contributed by atoms with Gasteiger partial charge in [0, 0.05) is 29.1 Å². The minimum absolute atomic E-state index is 0.119. The summed E-state index contributed by atoms with van der Waals surface area (Å²) < 4.78 is 11.5. The number of carbonyl (C=O) groups excluding carboxylic acids is 1. The highest BCUT2D eigenvalue weighted by molar-refractivity contribution is 5.94. The van der Waals surface area contributed by atoms with Crippen molar-refractivity contribution in [1.82, 2.24) is 5.32 Å². The third-order valence-electron chi connectivity index (χ3n) is 5.95. The Morgan fingerprint density at radius 2 is 1.64 bits per heavy atom. The van der Waals surface area contributed by atoms with Crippen molar-refractivity contribution >= 4 is 22.6 Å². The molecule has 0 radical (unpaired) electrons. The van der Waals surface area contributed by atoms with Crippen LogP contribution in [0.1, 0.15) is 21.5 Å². The standard InChI is InChI=1S/C31H26N2O3/c1-21-8-17-29-27(18-21)28(19-30(36-29)23-11-15-26(35-2)16-12-23)33-25-13-9-24(10-14-25)31(34)32-20-22-6-4-3-5-7-22/h3-19H,20H2,1-2H3,(H,32,34). The first kappa shape index (κ1) is 23.1. The van der Waals surface area contributed by atoms with Crippen LogP contribution in [0.4, 0.5) is 5.69 Å². The Bertz CT molecular complexity index is 1570. The lowest BCUT2D eigenvalue weighted by Crippen LogP contribution is -2.22. The Morgan fingerprint density at radius 3 is 2.36 bits per heavy atom. The fraction of sp³-hybridized carbons (Fsp3) is 0.0968. The summed E-state index contributed by atoms with van der Waals surface area (Å²) in [5.41, 5.74) is 5.21. The SMILES string of the molecule is COc1ccc(-c2cc(=Nc3ccc(C(=O)NCc4ccccc4)cc3)c3cc(C)ccc3o2)cc1. The Labute approximate surface area is 209 Å². The highest BCUT2D eigenvalue weighted by atomic mass is 16.5. The van der Waals surface area contributed by atoms with E-state index in [1.165, 1.54) is 0 Å². The van der Waals surface area contributed by atoms with E-state index in [-0.39, 0.29) is 5.91 Å². The van der Waals surface area contributed by atoms with Gasteiger partial charge in [-0.25, -0.2) is 4.99 Å². The number of fused-ring (bicyclic) bond motifs is 1. The molecule has 5 rings (SSSR count). The number of nitrogens with zero attached hydrogens (tertiary/aromatic N) is 1. The molecule has 178 valence electrons. The molecule has 0 unspecified atom stereocenters. The van der Waals surface area contributed by atoms with Gasteiger partial charge in [0.25, 0.3) is 5.91 Å². The minimum atomic E-state index is -0.119. The summed E-state index contributed by atoms with van der Waals surface area (Å²) >= 11 is 0. The molecule has 1 heterocycles. The third kappa shape index (κ3) is 5.20. The van der Waals surface area contributed by atoms with E-state index in [0.717, 1.165) is 44.5 Å². The minimum Gasteiger partial charge on any atom is -0.497 e. The van der Waals surface area contributed by atoms with Crippen molar-refractivity contribution in [3.8, 4) is 17.1 Å². The maximum absolute atomic E-state index is 12.6. The lowest BCUT2D eigenvalue weighted by atomic mass is 10.1. The zero-order chi connectivity index (χ0) is 24.9. The molecule has 0 atom stereocenters. The first-order valence-corrected chi connectivity index (χ1v) is 11.7. The summed E-state index contributed by atoms with van der Waals surface area (Å²) in [6.45, 7) is 2.53. The number of hydrogen-bond acceptors (Lipinski definition) is 4. The molecule has 0 spiro atoms. The van der Waals surface area contributed by atoms with Crippen LogP contribution in [0.15, 0.2) is 113 Å². The Kier molecular flexibility index (Phi) is 6.63. The molecule has 1 amide bonds. The summed E-state index contributed by atoms with van der Waals surface area (Å²) in [4.78, 5) is 17.5. The molecule has 0 saturated carbocycles. The summed E-state index contributed by atoms with van der Waals surface area (Å²) in [6, 6.07) is 32.9. The van der Waals surface area contributed by atoms with Gasteiger partial charge in [-0.15, -0.1) is 0 Å². The molecule has 0 bridgehead atoms. The fourth-order valence-corrected chi connectivity index (χ4v) is 3.98. The van der Waals surface area contributed by atoms with Gasteiger partial charge in [0.1, 0.15) is 17.1 Å². The van der Waals surface area contributed by atoms with E-state index in [0.29, 0.717) is 17.9 Å². The van der Waals surface area contributed by atoms with Gasteiger partial charge in [-0.2, -0.15) is 0 Å². The number of hydrogen-bond donors (Lipinski definition) is 1. The first-order valence-electron chi connectivity index (χ1n) is 11.7. The van der Waals surface area contributed by atoms with E-state index in [9.17, 15) is 4.79 Å². The zero-order valence-electron chi connectivity index (χ0n) is 20.2. The smallest absolute Gasteiger partial charge is 0.251 e. The van der Waals surface area contributed by atoms with Crippen LogP contribution in [0.2, 0.25) is 0 Å². The number of rotatable bonds is 6. The van der Waals surface area contributed by atoms with Gasteiger partial charge in [-0.05, 0) is 73.2 Å². The van der Waals surface area contributed by atoms with Crippen LogP contribution < -0.4 is 15.4 Å². The molecule has 36 heavy (non-hydrogen) atoms. The maximum Gasteiger partial charge on any atom is 0.251 e. The summed E-state index contributed by atoms with van der Waals surface area (Å²) in [5, 5.41) is 4.68. The van der Waals surface area contributed by atoms with Crippen molar-refractivity contribution in [2.24, 2.45) is 4.99 Å². The average Bonchev–Trinajstić information content (AvgIpc) is 2.93. The fourth-order valence-electron chi connectivity index (χ4n) is 3.98. The first-order chi connectivity index (χ1) is 17.6. The largest absolute Gasteiger partial charge is 0.497 e. The molecule has 5 heteroatoms. The van der Waals surface area contributed by atoms with Crippen LogP contribution in [0.3, 0.4) is 0 Å². The van der Waals surface area contributed by atoms with E-state index in [1.807, 2.05) is 91.9 Å². The van der Waals surface area contributed by atoms with E-state index in [2.05, 4.69) is 11.4 Å². The molecule has 1 aromatic heterocycles. The highest BCUT2D eigenvalue weighted by Crippen LogP contribution is 2.25. The Morgan fingerprint density at radius 1 is 0.889 bits per heavy atom. The molecule has 1 N–H and O–H groups in total. The average molecular weight is 475 g/mol. The van der Waals surface area contributed by atoms with Crippen molar-refractivity contribution < 1.29 is 13.9 Å². The van der Waals surface area contributed by atoms with Gasteiger partial charge in [0.2, 0.25) is 0 Å². The van der Waals surface area contributed by atoms with Crippen LogP contribution in [0, 0.1) is 6.92 Å². The Hall–Kier alpha value is -4.64. The number of ether oxygens (including phenoxy) is 1. The maximum atomic E-state index is 12.6. The monoisotopic (exact) mass is 474 g/mol. The quantitative estimate of drug-likeness (QED) is 0.302. The van der Waals surface area contributed by atoms with Gasteiger partial charge in [0.15, 0.2) is 0 Å². The number of nitrogens with one attached hydrogen (secondary N) is 1. The van der Waals surface area contributed by atoms with Gasteiger partial charge in [-0.3, -0.25) is 4.79 Å². The van der Waals surface area contributed by atoms with Crippen LogP contribution in [0.25, 0.3) is 22.3 Å². The molecular weight excluding hydrogens is 448 g/mol. The predicted molar refractivity (Wildman–Crippen MR) is 142 cm³/mol. The Balaban J connectivity index is 1.46. The number of amides is 1. The van der Waals surface area contributed by atoms with Crippen LogP contribution >= 0.6 is 0 Å². The lowest BCUT2D eigenvalue weighted by Gasteiger charge is -2.07. The molecule has 5 aromatic rings. The molecule has 0 saturated heterocycles. The molecule has 0 fully saturated rings. The van der Waals surface area contributed by atoms with Gasteiger partial charge in [0.05, 0.1) is 18.2 Å². The van der Waals surface area contributed by atoms with Crippen LogP contribution in [-0.4, -0.2) is 13.0 Å². The van der Waals surface area contributed by atoms with Crippen molar-refractivity contribution in [2.75, 3.05) is 7.11 Å². The predicted octanol–water partition coefficient (Wildman–Crippen LogP) is 6.58. The van der Waals surface area contributed by atoms with Gasteiger partial charge in [-0.1, -0.05) is 42.0 Å². The molecule has 4 aromatic carbocycles. The number of aryl methyl sites for hydroxylation is 1. The summed E-state index contributed by atoms with van der Waals surface area (Å²) in [7, 11) is 1.65. The number of carbonyl (C=O) groups is 1. The second-order valence-electron chi connectivity index (χ2n) is 8.55. The van der Waals surface area contributed by atoms with Crippen molar-refractivity contribution in [3.63, 3.8) is 0 Å². The van der Waals surface area contributed by atoms with E-state index in [1.54, 1.807) is 19.2 Å². The third-order valence-corrected chi connectivity index (χ3v) is 5.95. The number of benzene rings is 4. The molecule has 0 aliphatic carbocycles. The van der Waals surface area contributed by atoms with Gasteiger partial charge >= 0.3 is 0 Å². The molecular formula is C31H26N2O3. The van der Waals surface area contributed by atoms with Crippen molar-refractivity contribution in [2.45, 2.75) is 13.5 Å². The highest BCUT2D eigenvalue weighted by Gasteiger charge is 2.08. The normalized spacial score (nSPS) is 11.4. The van der Waals surface area contributed by atoms with E-state index in [4.69, 9.17) is 14.1 Å². The topological polar surface area (TPSA) is 63.8 Å². The van der Waals surface area contributed by atoms with Crippen LogP contribution in [-0.2, 0) is 6.54 Å². The number of methoxy groups -OCH3 is 1. The van der Waals surface area contributed by atoms with Crippen molar-refractivity contribution in [1.29, 1.82) is 0 Å². The van der Waals surface area contributed by atoms with E-state index >= 15 is 0 Å². The zero-order valence-corrected chi connectivity index (χ0v) is 20.2. The lowest BCUT2D eigenvalue weighted by molar-refractivity contribution is 0.0951. The van der Waals surface area contributed by atoms with E-state index < -0.39 is 0 Å². The summed E-state index contributed by atoms with van der Waals surface area (Å²) in [5.74, 6) is 1.38. The molecule has 0 aliphatic heterocycles. The molecule has 5 nitrogen and oxygen atoms in total. The summed E-state index contributed by atoms with van der Waals surface area (Å²) in [6.07, 6.45) is 0. The second kappa shape index (κ2) is 10.3.